The summed E-state index contributed by atoms with van der Waals surface area (Å²) in [6.45, 7) is 4.77. The van der Waals surface area contributed by atoms with Gasteiger partial charge in [0.1, 0.15) is 15.5 Å². The lowest BCUT2D eigenvalue weighted by Crippen LogP contribution is -2.35. The monoisotopic (exact) mass is 411 g/mol. The molecule has 4 rings (SSSR count). The largest absolute Gasteiger partial charge is 0.338 e. The number of nitrogens with zero attached hydrogens (tertiary/aromatic N) is 2. The maximum Gasteiger partial charge on any atom is 0.266 e. The molecule has 7 heteroatoms. The Bertz CT molecular complexity index is 1090. The van der Waals surface area contributed by atoms with Gasteiger partial charge < -0.3 is 10.2 Å². The second kappa shape index (κ2) is 7.91. The summed E-state index contributed by atoms with van der Waals surface area (Å²) < 4.78 is 13.4. The van der Waals surface area contributed by atoms with Crippen molar-refractivity contribution in [3.63, 3.8) is 0 Å². The molecule has 1 aliphatic heterocycles. The first-order valence-corrected chi connectivity index (χ1v) is 10.5. The number of hydrogen-bond acceptors (Lipinski definition) is 4. The van der Waals surface area contributed by atoms with E-state index in [-0.39, 0.29) is 17.6 Å². The predicted molar refractivity (Wildman–Crippen MR) is 114 cm³/mol. The van der Waals surface area contributed by atoms with E-state index in [0.717, 1.165) is 54.6 Å². The molecule has 3 aromatic rings. The molecular weight excluding hydrogens is 389 g/mol. The second-order valence-corrected chi connectivity index (χ2v) is 8.34. The standard InChI is InChI=1S/C22H22FN3O2S/c1-13-12-17(15-6-8-16(23)9-7-15)18-19(25-14(2)27)20(29-21(18)24-13)22(28)26-10-4-3-5-11-26/h6-9,12H,3-5,10-11H2,1-2H3,(H,25,27). The number of likely N-dealkylation sites (tertiary alicyclic amines) is 1. The van der Waals surface area contributed by atoms with E-state index >= 15 is 0 Å². The number of carbonyl (C=O) groups is 2. The fraction of sp³-hybridized carbons (Fsp3) is 0.318. The lowest BCUT2D eigenvalue weighted by molar-refractivity contribution is -0.114. The molecule has 1 fully saturated rings. The topological polar surface area (TPSA) is 62.3 Å². The average Bonchev–Trinajstić information content (AvgIpc) is 3.05. The van der Waals surface area contributed by atoms with E-state index in [1.807, 2.05) is 17.9 Å². The van der Waals surface area contributed by atoms with Crippen LogP contribution in [0.15, 0.2) is 30.3 Å². The minimum Gasteiger partial charge on any atom is -0.338 e. The van der Waals surface area contributed by atoms with Crippen LogP contribution in [-0.4, -0.2) is 34.8 Å². The summed E-state index contributed by atoms with van der Waals surface area (Å²) in [5.74, 6) is -0.633. The molecule has 29 heavy (non-hydrogen) atoms. The molecule has 0 atom stereocenters. The molecule has 3 heterocycles. The maximum atomic E-state index is 13.4. The Labute approximate surface area is 172 Å². The highest BCUT2D eigenvalue weighted by Gasteiger charge is 2.27. The third-order valence-corrected chi connectivity index (χ3v) is 6.16. The number of benzene rings is 1. The van der Waals surface area contributed by atoms with Crippen LogP contribution in [0.25, 0.3) is 21.3 Å². The Kier molecular flexibility index (Phi) is 5.32. The zero-order chi connectivity index (χ0) is 20.5. The van der Waals surface area contributed by atoms with Gasteiger partial charge in [-0.2, -0.15) is 0 Å². The van der Waals surface area contributed by atoms with Gasteiger partial charge in [-0.05, 0) is 55.5 Å². The van der Waals surface area contributed by atoms with E-state index < -0.39 is 0 Å². The first-order valence-electron chi connectivity index (χ1n) is 9.71. The average molecular weight is 412 g/mol. The smallest absolute Gasteiger partial charge is 0.266 e. The van der Waals surface area contributed by atoms with Crippen LogP contribution in [0.4, 0.5) is 10.1 Å². The van der Waals surface area contributed by atoms with Gasteiger partial charge in [0.05, 0.1) is 5.69 Å². The highest BCUT2D eigenvalue weighted by atomic mass is 32.1. The Balaban J connectivity index is 1.93. The highest BCUT2D eigenvalue weighted by Crippen LogP contribution is 2.42. The van der Waals surface area contributed by atoms with E-state index in [1.54, 1.807) is 12.1 Å². The molecule has 2 amide bonds. The number of anilines is 1. The van der Waals surface area contributed by atoms with Crippen LogP contribution < -0.4 is 5.32 Å². The summed E-state index contributed by atoms with van der Waals surface area (Å²) in [5, 5.41) is 3.59. The number of thiophene rings is 1. The summed E-state index contributed by atoms with van der Waals surface area (Å²) in [6.07, 6.45) is 3.11. The summed E-state index contributed by atoms with van der Waals surface area (Å²) in [6, 6.07) is 8.11. The maximum absolute atomic E-state index is 13.4. The Morgan fingerprint density at radius 1 is 1.14 bits per heavy atom. The van der Waals surface area contributed by atoms with E-state index in [4.69, 9.17) is 0 Å². The number of halogens is 1. The zero-order valence-electron chi connectivity index (χ0n) is 16.4. The third kappa shape index (κ3) is 3.87. The summed E-state index contributed by atoms with van der Waals surface area (Å²) >= 11 is 1.30. The number of pyridine rings is 1. The second-order valence-electron chi connectivity index (χ2n) is 7.34. The van der Waals surface area contributed by atoms with Gasteiger partial charge in [-0.3, -0.25) is 9.59 Å². The number of piperidine rings is 1. The van der Waals surface area contributed by atoms with Crippen molar-refractivity contribution in [2.75, 3.05) is 18.4 Å². The lowest BCUT2D eigenvalue weighted by Gasteiger charge is -2.26. The fourth-order valence-electron chi connectivity index (χ4n) is 3.76. The molecule has 150 valence electrons. The molecule has 2 aromatic heterocycles. The first kappa shape index (κ1) is 19.5. The van der Waals surface area contributed by atoms with Gasteiger partial charge in [0.25, 0.3) is 5.91 Å². The van der Waals surface area contributed by atoms with Crippen LogP contribution in [0.3, 0.4) is 0 Å². The van der Waals surface area contributed by atoms with E-state index in [9.17, 15) is 14.0 Å². The Hall–Kier alpha value is -2.80. The molecule has 0 radical (unpaired) electrons. The minimum atomic E-state index is -0.316. The van der Waals surface area contributed by atoms with Gasteiger partial charge >= 0.3 is 0 Å². The normalized spacial score (nSPS) is 14.2. The molecule has 0 unspecified atom stereocenters. The van der Waals surface area contributed by atoms with Crippen LogP contribution in [0.2, 0.25) is 0 Å². The van der Waals surface area contributed by atoms with Crippen molar-refractivity contribution in [3.05, 3.63) is 46.7 Å². The molecule has 1 N–H and O–H groups in total. The predicted octanol–water partition coefficient (Wildman–Crippen LogP) is 5.00. The van der Waals surface area contributed by atoms with E-state index in [1.165, 1.54) is 30.4 Å². The quantitative estimate of drug-likeness (QED) is 0.660. The molecule has 0 spiro atoms. The highest BCUT2D eigenvalue weighted by molar-refractivity contribution is 7.21. The van der Waals surface area contributed by atoms with Crippen molar-refractivity contribution in [3.8, 4) is 11.1 Å². The lowest BCUT2D eigenvalue weighted by atomic mass is 10.0. The third-order valence-electron chi connectivity index (χ3n) is 5.08. The Morgan fingerprint density at radius 2 is 1.83 bits per heavy atom. The number of fused-ring (bicyclic) bond motifs is 1. The van der Waals surface area contributed by atoms with Crippen molar-refractivity contribution in [2.45, 2.75) is 33.1 Å². The number of carbonyl (C=O) groups excluding carboxylic acids is 2. The molecular formula is C22H22FN3O2S. The minimum absolute atomic E-state index is 0.0702. The molecule has 5 nitrogen and oxygen atoms in total. The van der Waals surface area contributed by atoms with Gasteiger partial charge in [0.2, 0.25) is 5.91 Å². The number of nitrogens with one attached hydrogen (secondary N) is 1. The van der Waals surface area contributed by atoms with Gasteiger partial charge in [0.15, 0.2) is 0 Å². The SMILES string of the molecule is CC(=O)Nc1c(C(=O)N2CCCCC2)sc2nc(C)cc(-c3ccc(F)cc3)c12. The van der Waals surface area contributed by atoms with Crippen LogP contribution >= 0.6 is 11.3 Å². The molecule has 0 saturated carbocycles. The van der Waals surface area contributed by atoms with Crippen LogP contribution in [0.5, 0.6) is 0 Å². The van der Waals surface area contributed by atoms with Crippen molar-refractivity contribution in [1.82, 2.24) is 9.88 Å². The van der Waals surface area contributed by atoms with Crippen molar-refractivity contribution < 1.29 is 14.0 Å². The van der Waals surface area contributed by atoms with Crippen LogP contribution in [-0.2, 0) is 4.79 Å². The number of hydrogen-bond donors (Lipinski definition) is 1. The van der Waals surface area contributed by atoms with Crippen molar-refractivity contribution in [1.29, 1.82) is 0 Å². The van der Waals surface area contributed by atoms with Gasteiger partial charge in [-0.1, -0.05) is 12.1 Å². The van der Waals surface area contributed by atoms with Crippen LogP contribution in [0, 0.1) is 12.7 Å². The summed E-state index contributed by atoms with van der Waals surface area (Å²) in [4.78, 5) is 32.9. The zero-order valence-corrected chi connectivity index (χ0v) is 17.2. The van der Waals surface area contributed by atoms with Crippen molar-refractivity contribution >= 4 is 39.1 Å². The number of rotatable bonds is 3. The van der Waals surface area contributed by atoms with E-state index in [2.05, 4.69) is 10.3 Å². The molecule has 1 aromatic carbocycles. The summed E-state index contributed by atoms with van der Waals surface area (Å²) in [5.41, 5.74) is 2.93. The van der Waals surface area contributed by atoms with Gasteiger partial charge in [0, 0.05) is 31.1 Å². The fourth-order valence-corrected chi connectivity index (χ4v) is 4.93. The van der Waals surface area contributed by atoms with Crippen LogP contribution in [0.1, 0.15) is 41.6 Å². The first-order chi connectivity index (χ1) is 13.9. The number of aryl methyl sites for hydroxylation is 1. The number of aromatic nitrogens is 1. The summed E-state index contributed by atoms with van der Waals surface area (Å²) in [7, 11) is 0. The van der Waals surface area contributed by atoms with Gasteiger partial charge in [-0.25, -0.2) is 9.37 Å². The molecule has 0 aliphatic carbocycles. The van der Waals surface area contributed by atoms with E-state index in [0.29, 0.717) is 15.4 Å². The molecule has 1 aliphatic rings. The number of amides is 2. The Morgan fingerprint density at radius 3 is 2.48 bits per heavy atom. The van der Waals surface area contributed by atoms with Gasteiger partial charge in [-0.15, -0.1) is 11.3 Å². The molecule has 1 saturated heterocycles. The van der Waals surface area contributed by atoms with Crippen molar-refractivity contribution in [2.24, 2.45) is 0 Å². The molecule has 0 bridgehead atoms.